The normalized spacial score (nSPS) is 14.8. The summed E-state index contributed by atoms with van der Waals surface area (Å²) in [6.45, 7) is 9.93. The minimum atomic E-state index is -0.593. The lowest BCUT2D eigenvalue weighted by molar-refractivity contribution is 0.122. The summed E-state index contributed by atoms with van der Waals surface area (Å²) in [4.78, 5) is 25.9. The van der Waals surface area contributed by atoms with Crippen LogP contribution in [0.1, 0.15) is 28.7 Å². The monoisotopic (exact) mass is 798 g/mol. The first-order valence-electron chi connectivity index (χ1n) is 18.6. The summed E-state index contributed by atoms with van der Waals surface area (Å²) in [5, 5.41) is 32.0. The Kier molecular flexibility index (Phi) is 16.7. The van der Waals surface area contributed by atoms with Gasteiger partial charge in [-0.3, -0.25) is 0 Å². The molecule has 8 rings (SSSR count). The van der Waals surface area contributed by atoms with Gasteiger partial charge in [0.2, 0.25) is 0 Å². The van der Waals surface area contributed by atoms with E-state index in [4.69, 9.17) is 36.0 Å². The van der Waals surface area contributed by atoms with E-state index >= 15 is 0 Å². The van der Waals surface area contributed by atoms with Gasteiger partial charge < -0.3 is 51.6 Å². The van der Waals surface area contributed by atoms with Gasteiger partial charge in [0.1, 0.15) is 11.0 Å². The van der Waals surface area contributed by atoms with E-state index in [-0.39, 0.29) is 33.5 Å². The molecule has 2 fully saturated rings. The summed E-state index contributed by atoms with van der Waals surface area (Å²) in [7, 11) is 0. The molecule has 6 aromatic rings. The van der Waals surface area contributed by atoms with Crippen LogP contribution in [0.5, 0.6) is 0 Å². The number of nitrogens with one attached hydrogen (secondary N) is 2. The standard InChI is InChI=1S/C20H24N6O3.C16H17N5O.C3H9NO.2CH4/c1-14(27)13-21-20(28)22-16-6-4-15(5-7-16)18-23-19(25-9-11-29-12-10-25)17-3-2-8-26(17)24-18;17-13-5-3-12(4-6-13)15-18-16(20-8-10-22-11-9-20)14-2-1-7-21(14)19-15;1-3(5)2-4;;/h2-8,14,27H,9-13H2,1H3,(H2,21,22,28);1-7H,8-11,17H2;3,5H,2,4H2,1H3;2*1H4/t14-;;3-;;/m0.0../s1. The van der Waals surface area contributed by atoms with Crippen molar-refractivity contribution in [1.29, 1.82) is 0 Å². The number of hydrogen-bond acceptors (Lipinski definition) is 13. The van der Waals surface area contributed by atoms with Crippen molar-refractivity contribution in [1.82, 2.24) is 34.5 Å². The van der Waals surface area contributed by atoms with Gasteiger partial charge in [0.05, 0.1) is 38.6 Å². The molecule has 312 valence electrons. The number of hydrogen-bond donors (Lipinski definition) is 6. The van der Waals surface area contributed by atoms with Crippen molar-refractivity contribution in [2.24, 2.45) is 5.73 Å². The van der Waals surface area contributed by atoms with E-state index in [9.17, 15) is 9.90 Å². The Hall–Kier alpha value is -5.85. The van der Waals surface area contributed by atoms with Crippen LogP contribution in [0.2, 0.25) is 0 Å². The van der Waals surface area contributed by atoms with Crippen molar-refractivity contribution in [3.8, 4) is 22.8 Å². The lowest BCUT2D eigenvalue weighted by Crippen LogP contribution is -2.37. The maximum absolute atomic E-state index is 11.8. The van der Waals surface area contributed by atoms with Crippen molar-refractivity contribution >= 4 is 40.1 Å². The van der Waals surface area contributed by atoms with E-state index in [0.29, 0.717) is 37.1 Å². The highest BCUT2D eigenvalue weighted by Gasteiger charge is 2.20. The molecule has 2 aliphatic rings. The van der Waals surface area contributed by atoms with Gasteiger partial charge in [-0.05, 0) is 86.6 Å². The number of aliphatic hydroxyl groups is 2. The minimum absolute atomic E-state index is 0. The van der Waals surface area contributed by atoms with Crippen molar-refractivity contribution < 1.29 is 24.5 Å². The van der Waals surface area contributed by atoms with Gasteiger partial charge in [-0.25, -0.2) is 23.8 Å². The van der Waals surface area contributed by atoms with E-state index in [1.165, 1.54) is 0 Å². The number of aliphatic hydroxyl groups excluding tert-OH is 2. The highest BCUT2D eigenvalue weighted by molar-refractivity contribution is 5.89. The Bertz CT molecular complexity index is 2140. The van der Waals surface area contributed by atoms with Crippen LogP contribution in [0.15, 0.2) is 85.2 Å². The van der Waals surface area contributed by atoms with Crippen LogP contribution in [0.4, 0.5) is 27.8 Å². The van der Waals surface area contributed by atoms with Crippen molar-refractivity contribution in [3.05, 3.63) is 85.2 Å². The number of anilines is 4. The fourth-order valence-electron chi connectivity index (χ4n) is 5.85. The van der Waals surface area contributed by atoms with Gasteiger partial charge in [0, 0.05) is 74.2 Å². The second-order valence-electron chi connectivity index (χ2n) is 13.4. The SMILES string of the molecule is C.C.C[C@H](O)CN.C[C@H](O)CNC(=O)Nc1ccc(-c2nc(N3CCOCC3)c3cccn3n2)cc1.Nc1ccc(-c2nc(N3CCOCC3)c3cccn3n2)cc1. The van der Waals surface area contributed by atoms with E-state index < -0.39 is 6.10 Å². The number of carbonyl (C=O) groups excluding carboxylic acids is 1. The molecular formula is C41H58N12O5. The zero-order valence-corrected chi connectivity index (χ0v) is 31.7. The Morgan fingerprint density at radius 2 is 1.16 bits per heavy atom. The molecule has 2 atom stereocenters. The summed E-state index contributed by atoms with van der Waals surface area (Å²) in [6, 6.07) is 22.6. The van der Waals surface area contributed by atoms with Gasteiger partial charge >= 0.3 is 6.03 Å². The summed E-state index contributed by atoms with van der Waals surface area (Å²) < 4.78 is 14.6. The average molecular weight is 799 g/mol. The van der Waals surface area contributed by atoms with E-state index in [0.717, 1.165) is 78.9 Å². The molecule has 2 aromatic carbocycles. The minimum Gasteiger partial charge on any atom is -0.399 e. The Morgan fingerprint density at radius 1 is 0.724 bits per heavy atom. The molecule has 17 nitrogen and oxygen atoms in total. The number of aromatic nitrogens is 6. The average Bonchev–Trinajstić information content (AvgIpc) is 3.91. The summed E-state index contributed by atoms with van der Waals surface area (Å²) >= 11 is 0. The smallest absolute Gasteiger partial charge is 0.319 e. The zero-order valence-electron chi connectivity index (χ0n) is 31.7. The van der Waals surface area contributed by atoms with Crippen LogP contribution >= 0.6 is 0 Å². The molecule has 2 aliphatic heterocycles. The Balaban J connectivity index is 0.000000229. The molecular weight excluding hydrogens is 741 g/mol. The van der Waals surface area contributed by atoms with Crippen molar-refractivity contribution in [2.75, 3.05) is 86.5 Å². The van der Waals surface area contributed by atoms with Crippen LogP contribution < -0.4 is 31.9 Å². The molecule has 0 spiro atoms. The molecule has 2 saturated heterocycles. The molecule has 58 heavy (non-hydrogen) atoms. The number of nitrogens with two attached hydrogens (primary N) is 2. The second-order valence-corrected chi connectivity index (χ2v) is 13.4. The summed E-state index contributed by atoms with van der Waals surface area (Å²) in [5.41, 5.74) is 15.8. The van der Waals surface area contributed by atoms with Crippen LogP contribution in [-0.4, -0.2) is 123 Å². The summed E-state index contributed by atoms with van der Waals surface area (Å²) in [6.07, 6.45) is 2.92. The fourth-order valence-corrected chi connectivity index (χ4v) is 5.85. The van der Waals surface area contributed by atoms with E-state index in [1.807, 2.05) is 82.1 Å². The lowest BCUT2D eigenvalue weighted by atomic mass is 10.2. The fraction of sp³-hybridized carbons (Fsp3) is 0.390. The zero-order chi connectivity index (χ0) is 39.4. The van der Waals surface area contributed by atoms with Gasteiger partial charge in [0.25, 0.3) is 0 Å². The number of nitrogen functional groups attached to an aromatic ring is 1. The molecule has 0 unspecified atom stereocenters. The number of ether oxygens (including phenoxy) is 2. The third kappa shape index (κ3) is 11.8. The molecule has 17 heteroatoms. The number of amides is 2. The predicted molar refractivity (Wildman–Crippen MR) is 230 cm³/mol. The van der Waals surface area contributed by atoms with Gasteiger partial charge in [-0.2, -0.15) is 0 Å². The molecule has 0 saturated carbocycles. The maximum atomic E-state index is 11.8. The molecule has 0 aliphatic carbocycles. The van der Waals surface area contributed by atoms with Gasteiger partial charge in [-0.15, -0.1) is 10.2 Å². The highest BCUT2D eigenvalue weighted by Crippen LogP contribution is 2.27. The Labute approximate surface area is 339 Å². The number of morpholine rings is 2. The molecule has 0 radical (unpaired) electrons. The molecule has 2 amide bonds. The Morgan fingerprint density at radius 3 is 1.57 bits per heavy atom. The van der Waals surface area contributed by atoms with Gasteiger partial charge in [0.15, 0.2) is 23.3 Å². The molecule has 0 bridgehead atoms. The van der Waals surface area contributed by atoms with Crippen LogP contribution in [0.25, 0.3) is 33.8 Å². The number of benzene rings is 2. The van der Waals surface area contributed by atoms with Crippen LogP contribution in [0.3, 0.4) is 0 Å². The third-order valence-corrected chi connectivity index (χ3v) is 8.83. The number of rotatable bonds is 8. The van der Waals surface area contributed by atoms with E-state index in [1.54, 1.807) is 26.0 Å². The number of fused-ring (bicyclic) bond motifs is 2. The highest BCUT2D eigenvalue weighted by atomic mass is 16.5. The second kappa shape index (κ2) is 21.6. The molecule has 4 aromatic heterocycles. The van der Waals surface area contributed by atoms with Crippen molar-refractivity contribution in [3.63, 3.8) is 0 Å². The molecule has 6 heterocycles. The number of urea groups is 1. The maximum Gasteiger partial charge on any atom is 0.319 e. The van der Waals surface area contributed by atoms with Crippen molar-refractivity contribution in [2.45, 2.75) is 40.9 Å². The lowest BCUT2D eigenvalue weighted by Gasteiger charge is -2.28. The van der Waals surface area contributed by atoms with E-state index in [2.05, 4.69) is 30.6 Å². The first kappa shape index (κ1) is 44.9. The van der Waals surface area contributed by atoms with Crippen LogP contribution in [0, 0.1) is 0 Å². The quantitative estimate of drug-likeness (QED) is 0.119. The van der Waals surface area contributed by atoms with Crippen LogP contribution in [-0.2, 0) is 9.47 Å². The largest absolute Gasteiger partial charge is 0.399 e. The topological polar surface area (TPSA) is 219 Å². The number of carbonyl (C=O) groups is 1. The number of nitrogens with zero attached hydrogens (tertiary/aromatic N) is 8. The first-order valence-corrected chi connectivity index (χ1v) is 18.6. The molecule has 8 N–H and O–H groups in total. The first-order chi connectivity index (χ1) is 27.2. The van der Waals surface area contributed by atoms with Gasteiger partial charge in [-0.1, -0.05) is 14.9 Å². The summed E-state index contributed by atoms with van der Waals surface area (Å²) in [5.74, 6) is 3.16. The third-order valence-electron chi connectivity index (χ3n) is 8.83. The predicted octanol–water partition coefficient (Wildman–Crippen LogP) is 4.15.